The van der Waals surface area contributed by atoms with Crippen LogP contribution in [0.15, 0.2) is 12.2 Å². The lowest BCUT2D eigenvalue weighted by Crippen LogP contribution is -2.56. The molecule has 5 N–H and O–H groups in total. The molecule has 1 heterocycles. The predicted molar refractivity (Wildman–Crippen MR) is 149 cm³/mol. The van der Waals surface area contributed by atoms with E-state index in [1.165, 1.54) is 19.1 Å². The van der Waals surface area contributed by atoms with Gasteiger partial charge in [-0.1, -0.05) is 20.3 Å². The van der Waals surface area contributed by atoms with Crippen molar-refractivity contribution in [1.29, 1.82) is 0 Å². The molecule has 0 saturated heterocycles. The number of carbonyl (C=O) groups is 6. The third-order valence-corrected chi connectivity index (χ3v) is 6.16. The first-order valence-electron chi connectivity index (χ1n) is 14.0. The molecule has 0 aromatic carbocycles. The molecule has 5 amide bonds. The number of hydrogen-bond donors (Lipinski definition) is 4. The standard InChI is InChI=1S/C28H47N5O7/c1-18(2)24(32-21(34)13-8-7-11-17-33-22(35)14-15-23(33)36)26(38)30-19(3)25(37)31-20(12-9-10-16-29)27(39)40-28(4,5)6/h14-15,18-20,24H,7-13,16-17,29H2,1-6H3,(H,30,38)(H,31,37)(H,32,34)/t19-,20-,24-/m0/s1. The van der Waals surface area contributed by atoms with Crippen LogP contribution in [-0.4, -0.2) is 77.2 Å². The van der Waals surface area contributed by atoms with E-state index in [0.29, 0.717) is 51.6 Å². The number of esters is 1. The van der Waals surface area contributed by atoms with Gasteiger partial charge in [0.25, 0.3) is 11.8 Å². The largest absolute Gasteiger partial charge is 0.458 e. The summed E-state index contributed by atoms with van der Waals surface area (Å²) in [4.78, 5) is 75.3. The van der Waals surface area contributed by atoms with Crippen molar-refractivity contribution < 1.29 is 33.5 Å². The Morgan fingerprint density at radius 2 is 1.50 bits per heavy atom. The van der Waals surface area contributed by atoms with Gasteiger partial charge < -0.3 is 26.4 Å². The van der Waals surface area contributed by atoms with Crippen LogP contribution in [0.4, 0.5) is 0 Å². The zero-order valence-electron chi connectivity index (χ0n) is 24.7. The van der Waals surface area contributed by atoms with Crippen LogP contribution in [0.25, 0.3) is 0 Å². The third kappa shape index (κ3) is 12.7. The molecule has 0 radical (unpaired) electrons. The summed E-state index contributed by atoms with van der Waals surface area (Å²) in [5.74, 6) is -2.83. The summed E-state index contributed by atoms with van der Waals surface area (Å²) in [6.07, 6.45) is 6.03. The second kappa shape index (κ2) is 16.7. The Kier molecular flexibility index (Phi) is 14.5. The first-order valence-corrected chi connectivity index (χ1v) is 14.0. The summed E-state index contributed by atoms with van der Waals surface area (Å²) < 4.78 is 5.43. The van der Waals surface area contributed by atoms with Crippen molar-refractivity contribution in [3.8, 4) is 0 Å². The highest BCUT2D eigenvalue weighted by Gasteiger charge is 2.30. The van der Waals surface area contributed by atoms with E-state index in [9.17, 15) is 28.8 Å². The molecular weight excluding hydrogens is 518 g/mol. The molecule has 12 nitrogen and oxygen atoms in total. The molecule has 0 saturated carbocycles. The third-order valence-electron chi connectivity index (χ3n) is 6.16. The van der Waals surface area contributed by atoms with Gasteiger partial charge >= 0.3 is 5.97 Å². The summed E-state index contributed by atoms with van der Waals surface area (Å²) in [7, 11) is 0. The molecule has 0 fully saturated rings. The number of hydrogen-bond acceptors (Lipinski definition) is 8. The molecule has 12 heteroatoms. The van der Waals surface area contributed by atoms with Crippen LogP contribution in [0, 0.1) is 5.92 Å². The second-order valence-corrected chi connectivity index (χ2v) is 11.4. The van der Waals surface area contributed by atoms with Gasteiger partial charge in [0, 0.05) is 25.1 Å². The van der Waals surface area contributed by atoms with Gasteiger partial charge in [0.2, 0.25) is 17.7 Å². The van der Waals surface area contributed by atoms with Gasteiger partial charge in [-0.2, -0.15) is 0 Å². The van der Waals surface area contributed by atoms with Crippen LogP contribution < -0.4 is 21.7 Å². The minimum absolute atomic E-state index is 0.174. The first kappa shape index (κ1) is 34.7. The van der Waals surface area contributed by atoms with Crippen LogP contribution in [-0.2, 0) is 33.5 Å². The van der Waals surface area contributed by atoms with Crippen molar-refractivity contribution in [2.45, 2.75) is 110 Å². The average molecular weight is 566 g/mol. The number of unbranched alkanes of at least 4 members (excludes halogenated alkanes) is 3. The first-order chi connectivity index (χ1) is 18.7. The van der Waals surface area contributed by atoms with Gasteiger partial charge in [-0.25, -0.2) is 4.79 Å². The second-order valence-electron chi connectivity index (χ2n) is 11.4. The maximum atomic E-state index is 13.0. The van der Waals surface area contributed by atoms with Gasteiger partial charge in [-0.3, -0.25) is 28.9 Å². The number of rotatable bonds is 17. The molecule has 0 aromatic rings. The Hall–Kier alpha value is -3.28. The summed E-state index contributed by atoms with van der Waals surface area (Å²) in [6, 6.07) is -2.70. The molecule has 0 aromatic heterocycles. The fourth-order valence-corrected chi connectivity index (χ4v) is 3.94. The molecule has 1 rings (SSSR count). The minimum atomic E-state index is -0.962. The van der Waals surface area contributed by atoms with Crippen LogP contribution in [0.1, 0.15) is 86.5 Å². The van der Waals surface area contributed by atoms with E-state index in [2.05, 4.69) is 16.0 Å². The van der Waals surface area contributed by atoms with Crippen LogP contribution in [0.2, 0.25) is 0 Å². The van der Waals surface area contributed by atoms with Gasteiger partial charge in [0.1, 0.15) is 23.7 Å². The highest BCUT2D eigenvalue weighted by Crippen LogP contribution is 2.12. The fraction of sp³-hybridized carbons (Fsp3) is 0.714. The lowest BCUT2D eigenvalue weighted by atomic mass is 10.0. The maximum absolute atomic E-state index is 13.0. The van der Waals surface area contributed by atoms with Gasteiger partial charge in [-0.15, -0.1) is 0 Å². The Bertz CT molecular complexity index is 924. The zero-order valence-corrected chi connectivity index (χ0v) is 24.7. The van der Waals surface area contributed by atoms with Gasteiger partial charge in [0.05, 0.1) is 0 Å². The van der Waals surface area contributed by atoms with Gasteiger partial charge in [0.15, 0.2) is 0 Å². The minimum Gasteiger partial charge on any atom is -0.458 e. The van der Waals surface area contributed by atoms with Crippen molar-refractivity contribution in [2.24, 2.45) is 11.7 Å². The lowest BCUT2D eigenvalue weighted by Gasteiger charge is -2.27. The molecule has 0 bridgehead atoms. The Labute approximate surface area is 237 Å². The molecule has 0 unspecified atom stereocenters. The number of nitrogens with zero attached hydrogens (tertiary/aromatic N) is 1. The van der Waals surface area contributed by atoms with Crippen molar-refractivity contribution >= 4 is 35.5 Å². The summed E-state index contributed by atoms with van der Waals surface area (Å²) in [6.45, 7) is 11.0. The highest BCUT2D eigenvalue weighted by molar-refractivity contribution is 6.12. The molecule has 1 aliphatic rings. The Morgan fingerprint density at radius 3 is 2.05 bits per heavy atom. The van der Waals surface area contributed by atoms with Crippen molar-refractivity contribution in [3.05, 3.63) is 12.2 Å². The fourth-order valence-electron chi connectivity index (χ4n) is 3.94. The lowest BCUT2D eigenvalue weighted by molar-refractivity contribution is -0.159. The van der Waals surface area contributed by atoms with E-state index in [1.807, 2.05) is 0 Å². The maximum Gasteiger partial charge on any atom is 0.329 e. The summed E-state index contributed by atoms with van der Waals surface area (Å²) in [5.41, 5.74) is 4.83. The Balaban J connectivity index is 2.58. The van der Waals surface area contributed by atoms with Gasteiger partial charge in [-0.05, 0) is 72.3 Å². The molecule has 0 spiro atoms. The topological polar surface area (TPSA) is 177 Å². The summed E-state index contributed by atoms with van der Waals surface area (Å²) >= 11 is 0. The normalized spacial score (nSPS) is 15.6. The van der Waals surface area contributed by atoms with Crippen molar-refractivity contribution in [1.82, 2.24) is 20.9 Å². The molecule has 0 aliphatic carbocycles. The number of imide groups is 1. The van der Waals surface area contributed by atoms with Crippen LogP contribution in [0.3, 0.4) is 0 Å². The highest BCUT2D eigenvalue weighted by atomic mass is 16.6. The predicted octanol–water partition coefficient (Wildman–Crippen LogP) is 1.07. The monoisotopic (exact) mass is 565 g/mol. The van der Waals surface area contributed by atoms with E-state index in [1.54, 1.807) is 34.6 Å². The number of ether oxygens (including phenoxy) is 1. The van der Waals surface area contributed by atoms with E-state index in [4.69, 9.17) is 10.5 Å². The number of amides is 5. The van der Waals surface area contributed by atoms with E-state index >= 15 is 0 Å². The average Bonchev–Trinajstić information content (AvgIpc) is 3.17. The summed E-state index contributed by atoms with van der Waals surface area (Å²) in [5, 5.41) is 8.03. The van der Waals surface area contributed by atoms with Crippen LogP contribution in [0.5, 0.6) is 0 Å². The smallest absolute Gasteiger partial charge is 0.329 e. The molecule has 1 aliphatic heterocycles. The number of carbonyl (C=O) groups excluding carboxylic acids is 6. The molecular formula is C28H47N5O7. The van der Waals surface area contributed by atoms with E-state index in [0.717, 1.165) is 4.90 Å². The molecule has 40 heavy (non-hydrogen) atoms. The van der Waals surface area contributed by atoms with Crippen molar-refractivity contribution in [3.63, 3.8) is 0 Å². The Morgan fingerprint density at radius 1 is 0.875 bits per heavy atom. The van der Waals surface area contributed by atoms with Crippen LogP contribution >= 0.6 is 0 Å². The molecule has 3 atom stereocenters. The van der Waals surface area contributed by atoms with E-state index in [-0.39, 0.29) is 30.1 Å². The van der Waals surface area contributed by atoms with E-state index < -0.39 is 41.5 Å². The molecule has 226 valence electrons. The van der Waals surface area contributed by atoms with Crippen molar-refractivity contribution in [2.75, 3.05) is 13.1 Å². The quantitative estimate of drug-likeness (QED) is 0.115. The number of nitrogens with two attached hydrogens (primary N) is 1. The number of nitrogens with one attached hydrogen (secondary N) is 3. The zero-order chi connectivity index (χ0) is 30.5. The SMILES string of the molecule is CC(C)[C@H](NC(=O)CCCCCN1C(=O)C=CC1=O)C(=O)N[C@@H](C)C(=O)N[C@@H](CCCCN)C(=O)OC(C)(C)C.